The van der Waals surface area contributed by atoms with E-state index < -0.39 is 0 Å². The van der Waals surface area contributed by atoms with Crippen molar-refractivity contribution in [2.24, 2.45) is 13.0 Å². The van der Waals surface area contributed by atoms with Crippen molar-refractivity contribution in [3.63, 3.8) is 0 Å². The van der Waals surface area contributed by atoms with E-state index in [1.54, 1.807) is 19.3 Å². The molecule has 0 bridgehead atoms. The Kier molecular flexibility index (Phi) is 4.82. The lowest BCUT2D eigenvalue weighted by molar-refractivity contribution is 0.620. The minimum Gasteiger partial charge on any atom is -0.370 e. The van der Waals surface area contributed by atoms with Crippen molar-refractivity contribution >= 4 is 11.5 Å². The molecule has 3 aromatic rings. The number of hydrogen-bond acceptors (Lipinski definition) is 6. The molecule has 0 spiro atoms. The summed E-state index contributed by atoms with van der Waals surface area (Å²) in [6.45, 7) is 2.66. The largest absolute Gasteiger partial charge is 0.370 e. The van der Waals surface area contributed by atoms with Crippen LogP contribution in [0.2, 0.25) is 0 Å². The molecule has 0 amide bonds. The van der Waals surface area contributed by atoms with E-state index in [-0.39, 0.29) is 5.56 Å². The number of nitrogens with one attached hydrogen (secondary N) is 1. The fraction of sp³-hybridized carbons (Fsp3) is 0.300. The molecule has 1 aliphatic rings. The third kappa shape index (κ3) is 3.97. The molecule has 138 valence electrons. The topological polar surface area (TPSA) is 75.9 Å². The van der Waals surface area contributed by atoms with Gasteiger partial charge in [-0.1, -0.05) is 30.3 Å². The van der Waals surface area contributed by atoms with Gasteiger partial charge in [-0.15, -0.1) is 10.2 Å². The van der Waals surface area contributed by atoms with Crippen molar-refractivity contribution in [2.45, 2.75) is 6.42 Å². The van der Waals surface area contributed by atoms with E-state index in [4.69, 9.17) is 0 Å². The van der Waals surface area contributed by atoms with Gasteiger partial charge in [0.2, 0.25) is 0 Å². The molecular weight excluding hydrogens is 340 g/mol. The van der Waals surface area contributed by atoms with Crippen LogP contribution in [0.5, 0.6) is 0 Å². The zero-order valence-corrected chi connectivity index (χ0v) is 15.2. The lowest BCUT2D eigenvalue weighted by Crippen LogP contribution is -2.26. The van der Waals surface area contributed by atoms with Gasteiger partial charge in [0.1, 0.15) is 5.82 Å². The highest BCUT2D eigenvalue weighted by molar-refractivity contribution is 5.59. The van der Waals surface area contributed by atoms with Crippen molar-refractivity contribution in [1.29, 1.82) is 0 Å². The molecule has 1 saturated heterocycles. The van der Waals surface area contributed by atoms with E-state index in [0.29, 0.717) is 5.92 Å². The van der Waals surface area contributed by atoms with Gasteiger partial charge >= 0.3 is 0 Å². The quantitative estimate of drug-likeness (QED) is 0.750. The molecule has 1 atom stereocenters. The monoisotopic (exact) mass is 362 g/mol. The van der Waals surface area contributed by atoms with Crippen LogP contribution >= 0.6 is 0 Å². The highest BCUT2D eigenvalue weighted by Crippen LogP contribution is 2.22. The molecule has 1 fully saturated rings. The minimum absolute atomic E-state index is 0.0807. The van der Waals surface area contributed by atoms with Gasteiger partial charge in [0.15, 0.2) is 0 Å². The maximum Gasteiger partial charge on any atom is 0.268 e. The third-order valence-electron chi connectivity index (χ3n) is 4.91. The van der Waals surface area contributed by atoms with E-state index in [0.717, 1.165) is 48.8 Å². The van der Waals surface area contributed by atoms with E-state index in [9.17, 15) is 4.79 Å². The summed E-state index contributed by atoms with van der Waals surface area (Å²) >= 11 is 0. The smallest absolute Gasteiger partial charge is 0.268 e. The van der Waals surface area contributed by atoms with Gasteiger partial charge in [0.05, 0.1) is 17.6 Å². The summed E-state index contributed by atoms with van der Waals surface area (Å²) in [5.74, 6) is 1.27. The average molecular weight is 362 g/mol. The Morgan fingerprint density at radius 2 is 2.00 bits per heavy atom. The number of hydrogen-bond donors (Lipinski definition) is 1. The fourth-order valence-electron chi connectivity index (χ4n) is 3.30. The van der Waals surface area contributed by atoms with Crippen LogP contribution in [-0.4, -0.2) is 39.6 Å². The number of rotatable bonds is 5. The van der Waals surface area contributed by atoms with Crippen LogP contribution in [0.1, 0.15) is 6.42 Å². The summed E-state index contributed by atoms with van der Waals surface area (Å²) in [6, 6.07) is 15.6. The number of aryl methyl sites for hydroxylation is 1. The Hall–Kier alpha value is -3.22. The SMILES string of the molecule is Cn1ncc(N2CC[C@H](CNc3ccc(-c4ccccc4)nn3)C2)cc1=O. The highest BCUT2D eigenvalue weighted by Gasteiger charge is 2.23. The first kappa shape index (κ1) is 17.2. The maximum absolute atomic E-state index is 11.8. The number of nitrogens with zero attached hydrogens (tertiary/aromatic N) is 5. The van der Waals surface area contributed by atoms with Crippen LogP contribution in [0.15, 0.2) is 59.5 Å². The Morgan fingerprint density at radius 1 is 1.15 bits per heavy atom. The molecule has 7 nitrogen and oxygen atoms in total. The molecule has 1 aromatic carbocycles. The highest BCUT2D eigenvalue weighted by atomic mass is 16.1. The molecule has 3 heterocycles. The third-order valence-corrected chi connectivity index (χ3v) is 4.91. The van der Waals surface area contributed by atoms with E-state index in [2.05, 4.69) is 25.5 Å². The minimum atomic E-state index is -0.0807. The molecule has 1 N–H and O–H groups in total. The molecule has 1 aliphatic heterocycles. The van der Waals surface area contributed by atoms with E-state index >= 15 is 0 Å². The lowest BCUT2D eigenvalue weighted by Gasteiger charge is -2.18. The van der Waals surface area contributed by atoms with Crippen LogP contribution in [0, 0.1) is 5.92 Å². The first-order chi connectivity index (χ1) is 13.2. The standard InChI is InChI=1S/C20H22N6O/c1-25-20(27)11-17(13-22-25)26-10-9-15(14-26)12-21-19-8-7-18(23-24-19)16-5-3-2-4-6-16/h2-8,11,13,15H,9-10,12,14H2,1H3,(H,21,24)/t15-/m1/s1. The predicted molar refractivity (Wildman–Crippen MR) is 106 cm³/mol. The van der Waals surface area contributed by atoms with Gasteiger partial charge in [0, 0.05) is 38.3 Å². The summed E-state index contributed by atoms with van der Waals surface area (Å²) < 4.78 is 1.34. The second kappa shape index (κ2) is 7.57. The normalized spacial score (nSPS) is 16.5. The van der Waals surface area contributed by atoms with E-state index in [1.807, 2.05) is 42.5 Å². The van der Waals surface area contributed by atoms with Gasteiger partial charge in [-0.3, -0.25) is 4.79 Å². The molecule has 0 radical (unpaired) electrons. The molecule has 4 rings (SSSR count). The Morgan fingerprint density at radius 3 is 2.74 bits per heavy atom. The van der Waals surface area contributed by atoms with Gasteiger partial charge in [-0.25, -0.2) is 4.68 Å². The summed E-state index contributed by atoms with van der Waals surface area (Å²) in [4.78, 5) is 14.0. The predicted octanol–water partition coefficient (Wildman–Crippen LogP) is 2.18. The fourth-order valence-corrected chi connectivity index (χ4v) is 3.30. The summed E-state index contributed by atoms with van der Waals surface area (Å²) in [5.41, 5.74) is 2.74. The van der Waals surface area contributed by atoms with Gasteiger partial charge in [-0.2, -0.15) is 5.10 Å². The molecule has 0 unspecified atom stereocenters. The molecule has 27 heavy (non-hydrogen) atoms. The van der Waals surface area contributed by atoms with Gasteiger partial charge < -0.3 is 10.2 Å². The molecular formula is C20H22N6O. The Bertz CT molecular complexity index is 954. The van der Waals surface area contributed by atoms with E-state index in [1.165, 1.54) is 4.68 Å². The summed E-state index contributed by atoms with van der Waals surface area (Å²) in [5, 5.41) is 16.1. The zero-order chi connectivity index (χ0) is 18.6. The van der Waals surface area contributed by atoms with Crippen LogP contribution in [0.25, 0.3) is 11.3 Å². The zero-order valence-electron chi connectivity index (χ0n) is 15.2. The number of aromatic nitrogens is 4. The molecule has 0 saturated carbocycles. The Labute approximate surface area is 157 Å². The van der Waals surface area contributed by atoms with Crippen molar-refractivity contribution < 1.29 is 0 Å². The van der Waals surface area contributed by atoms with Crippen LogP contribution in [-0.2, 0) is 7.05 Å². The average Bonchev–Trinajstić information content (AvgIpc) is 3.19. The first-order valence-corrected chi connectivity index (χ1v) is 9.10. The van der Waals surface area contributed by atoms with Crippen molar-refractivity contribution in [3.05, 3.63) is 65.1 Å². The second-order valence-electron chi connectivity index (χ2n) is 6.83. The van der Waals surface area contributed by atoms with Crippen molar-refractivity contribution in [3.8, 4) is 11.3 Å². The number of anilines is 2. The van der Waals surface area contributed by atoms with Crippen molar-refractivity contribution in [2.75, 3.05) is 29.9 Å². The van der Waals surface area contributed by atoms with Gasteiger partial charge in [0.25, 0.3) is 5.56 Å². The number of benzene rings is 1. The van der Waals surface area contributed by atoms with Crippen molar-refractivity contribution in [1.82, 2.24) is 20.0 Å². The second-order valence-corrected chi connectivity index (χ2v) is 6.83. The summed E-state index contributed by atoms with van der Waals surface area (Å²) in [6.07, 6.45) is 2.82. The van der Waals surface area contributed by atoms with Crippen LogP contribution in [0.4, 0.5) is 11.5 Å². The van der Waals surface area contributed by atoms with Crippen LogP contribution in [0.3, 0.4) is 0 Å². The molecule has 2 aromatic heterocycles. The molecule has 0 aliphatic carbocycles. The first-order valence-electron chi connectivity index (χ1n) is 9.10. The maximum atomic E-state index is 11.8. The molecule has 7 heteroatoms. The van der Waals surface area contributed by atoms with Gasteiger partial charge in [-0.05, 0) is 24.5 Å². The van der Waals surface area contributed by atoms with Crippen LogP contribution < -0.4 is 15.8 Å². The Balaban J connectivity index is 1.33. The lowest BCUT2D eigenvalue weighted by atomic mass is 10.1. The summed E-state index contributed by atoms with van der Waals surface area (Å²) in [7, 11) is 1.66.